The average Bonchev–Trinajstić information content (AvgIpc) is 2.43. The standard InChI is InChI=1S/C14H17N3O3S/c1-11-6-7-14(16-10-11)17-21(18,19)9-8-20-13-5-3-2-4-12(13)15/h2-7,10H,8-9,15H2,1H3,(H,16,17). The van der Waals surface area contributed by atoms with Crippen LogP contribution in [0.15, 0.2) is 42.6 Å². The molecule has 0 fully saturated rings. The van der Waals surface area contributed by atoms with Crippen molar-refractivity contribution in [1.82, 2.24) is 4.98 Å². The maximum atomic E-state index is 11.9. The van der Waals surface area contributed by atoms with Gasteiger partial charge in [-0.1, -0.05) is 18.2 Å². The number of ether oxygens (including phenoxy) is 1. The molecule has 7 heteroatoms. The minimum atomic E-state index is -3.51. The van der Waals surface area contributed by atoms with Crippen LogP contribution in [-0.2, 0) is 10.0 Å². The number of rotatable bonds is 6. The van der Waals surface area contributed by atoms with Gasteiger partial charge in [0.1, 0.15) is 23.9 Å². The normalized spacial score (nSPS) is 11.1. The highest BCUT2D eigenvalue weighted by atomic mass is 32.2. The van der Waals surface area contributed by atoms with Gasteiger partial charge in [-0.2, -0.15) is 0 Å². The molecule has 0 aliphatic heterocycles. The number of benzene rings is 1. The summed E-state index contributed by atoms with van der Waals surface area (Å²) >= 11 is 0. The molecule has 0 aliphatic rings. The lowest BCUT2D eigenvalue weighted by Gasteiger charge is -2.10. The molecule has 1 heterocycles. The lowest BCUT2D eigenvalue weighted by Crippen LogP contribution is -2.22. The van der Waals surface area contributed by atoms with E-state index in [4.69, 9.17) is 10.5 Å². The zero-order chi connectivity index (χ0) is 15.3. The summed E-state index contributed by atoms with van der Waals surface area (Å²) in [5, 5.41) is 0. The first-order chi connectivity index (χ1) is 9.96. The highest BCUT2D eigenvalue weighted by molar-refractivity contribution is 7.92. The van der Waals surface area contributed by atoms with Crippen molar-refractivity contribution in [2.75, 3.05) is 22.8 Å². The second kappa shape index (κ2) is 6.45. The molecule has 0 radical (unpaired) electrons. The van der Waals surface area contributed by atoms with Crippen molar-refractivity contribution in [1.29, 1.82) is 0 Å². The van der Waals surface area contributed by atoms with Crippen LogP contribution >= 0.6 is 0 Å². The van der Waals surface area contributed by atoms with E-state index in [-0.39, 0.29) is 12.4 Å². The van der Waals surface area contributed by atoms with E-state index < -0.39 is 10.0 Å². The van der Waals surface area contributed by atoms with Gasteiger partial charge in [0.25, 0.3) is 0 Å². The van der Waals surface area contributed by atoms with Crippen LogP contribution in [0.2, 0.25) is 0 Å². The largest absolute Gasteiger partial charge is 0.490 e. The predicted octanol–water partition coefficient (Wildman–Crippen LogP) is 1.79. The van der Waals surface area contributed by atoms with Crippen molar-refractivity contribution in [3.63, 3.8) is 0 Å². The number of aromatic nitrogens is 1. The van der Waals surface area contributed by atoms with Crippen molar-refractivity contribution in [2.24, 2.45) is 0 Å². The van der Waals surface area contributed by atoms with Gasteiger partial charge in [-0.3, -0.25) is 4.72 Å². The molecule has 112 valence electrons. The van der Waals surface area contributed by atoms with Gasteiger partial charge >= 0.3 is 0 Å². The smallest absolute Gasteiger partial charge is 0.237 e. The summed E-state index contributed by atoms with van der Waals surface area (Å²) in [6, 6.07) is 10.3. The molecular formula is C14H17N3O3S. The van der Waals surface area contributed by atoms with Gasteiger partial charge in [0, 0.05) is 6.20 Å². The molecule has 0 atom stereocenters. The van der Waals surface area contributed by atoms with Crippen molar-refractivity contribution in [3.8, 4) is 5.75 Å². The quantitative estimate of drug-likeness (QED) is 0.793. The van der Waals surface area contributed by atoms with E-state index in [9.17, 15) is 8.42 Å². The predicted molar refractivity (Wildman–Crippen MR) is 82.7 cm³/mol. The van der Waals surface area contributed by atoms with Crippen LogP contribution in [0.1, 0.15) is 5.56 Å². The van der Waals surface area contributed by atoms with E-state index >= 15 is 0 Å². The molecule has 1 aromatic heterocycles. The summed E-state index contributed by atoms with van der Waals surface area (Å²) in [5.74, 6) is 0.581. The monoisotopic (exact) mass is 307 g/mol. The molecule has 0 unspecified atom stereocenters. The Hall–Kier alpha value is -2.28. The fourth-order valence-electron chi connectivity index (χ4n) is 1.61. The average molecular weight is 307 g/mol. The summed E-state index contributed by atoms with van der Waals surface area (Å²) in [7, 11) is -3.51. The fourth-order valence-corrected chi connectivity index (χ4v) is 2.46. The molecular weight excluding hydrogens is 290 g/mol. The number of aryl methyl sites for hydroxylation is 1. The molecule has 2 aromatic rings. The number of hydrogen-bond donors (Lipinski definition) is 2. The van der Waals surface area contributed by atoms with Gasteiger partial charge in [0.05, 0.1) is 5.69 Å². The Morgan fingerprint density at radius 3 is 2.67 bits per heavy atom. The molecule has 0 saturated carbocycles. The molecule has 1 aromatic carbocycles. The van der Waals surface area contributed by atoms with Crippen LogP contribution in [0.4, 0.5) is 11.5 Å². The SMILES string of the molecule is Cc1ccc(NS(=O)(=O)CCOc2ccccc2N)nc1. The van der Waals surface area contributed by atoms with E-state index in [1.807, 2.05) is 6.92 Å². The number of pyridine rings is 1. The fraction of sp³-hybridized carbons (Fsp3) is 0.214. The minimum Gasteiger partial charge on any atom is -0.490 e. The number of nitrogens with zero attached hydrogens (tertiary/aromatic N) is 1. The zero-order valence-electron chi connectivity index (χ0n) is 11.6. The van der Waals surface area contributed by atoms with Gasteiger partial charge in [0.15, 0.2) is 0 Å². The second-order valence-corrected chi connectivity index (χ2v) is 6.37. The van der Waals surface area contributed by atoms with Crippen LogP contribution < -0.4 is 15.2 Å². The molecule has 2 rings (SSSR count). The summed E-state index contributed by atoms with van der Waals surface area (Å²) in [6.45, 7) is 1.89. The number of nitrogens with one attached hydrogen (secondary N) is 1. The van der Waals surface area contributed by atoms with E-state index in [1.165, 1.54) is 0 Å². The lowest BCUT2D eigenvalue weighted by molar-refractivity contribution is 0.343. The van der Waals surface area contributed by atoms with Crippen molar-refractivity contribution in [3.05, 3.63) is 48.2 Å². The summed E-state index contributed by atoms with van der Waals surface area (Å²) in [6.07, 6.45) is 1.60. The molecule has 3 N–H and O–H groups in total. The first kappa shape index (κ1) is 15.1. The summed E-state index contributed by atoms with van der Waals surface area (Å²) < 4.78 is 31.6. The van der Waals surface area contributed by atoms with E-state index in [1.54, 1.807) is 42.6 Å². The Labute approximate surface area is 124 Å². The second-order valence-electron chi connectivity index (χ2n) is 4.53. The Bertz CT molecular complexity index is 700. The van der Waals surface area contributed by atoms with Crippen LogP contribution in [0, 0.1) is 6.92 Å². The van der Waals surface area contributed by atoms with Crippen LogP contribution in [0.3, 0.4) is 0 Å². The molecule has 6 nitrogen and oxygen atoms in total. The lowest BCUT2D eigenvalue weighted by atomic mass is 10.3. The first-order valence-electron chi connectivity index (χ1n) is 6.37. The van der Waals surface area contributed by atoms with E-state index in [0.29, 0.717) is 17.3 Å². The molecule has 0 amide bonds. The summed E-state index contributed by atoms with van der Waals surface area (Å²) in [5.41, 5.74) is 7.14. The summed E-state index contributed by atoms with van der Waals surface area (Å²) in [4.78, 5) is 3.99. The number of nitrogen functional groups attached to an aromatic ring is 1. The van der Waals surface area contributed by atoms with E-state index in [0.717, 1.165) is 5.56 Å². The topological polar surface area (TPSA) is 94.3 Å². The Morgan fingerprint density at radius 1 is 1.24 bits per heavy atom. The minimum absolute atomic E-state index is 0.00933. The number of anilines is 2. The molecule has 0 bridgehead atoms. The van der Waals surface area contributed by atoms with Crippen LogP contribution in [0.5, 0.6) is 5.75 Å². The number of hydrogen-bond acceptors (Lipinski definition) is 5. The van der Waals surface area contributed by atoms with Crippen molar-refractivity contribution >= 4 is 21.5 Å². The van der Waals surface area contributed by atoms with Gasteiger partial charge < -0.3 is 10.5 Å². The molecule has 21 heavy (non-hydrogen) atoms. The Balaban J connectivity index is 1.90. The van der Waals surface area contributed by atoms with Gasteiger partial charge in [-0.15, -0.1) is 0 Å². The third-order valence-electron chi connectivity index (χ3n) is 2.70. The molecule has 0 saturated heterocycles. The van der Waals surface area contributed by atoms with E-state index in [2.05, 4.69) is 9.71 Å². The highest BCUT2D eigenvalue weighted by Gasteiger charge is 2.12. The van der Waals surface area contributed by atoms with Gasteiger partial charge in [-0.05, 0) is 30.7 Å². The first-order valence-corrected chi connectivity index (χ1v) is 8.02. The number of nitrogens with two attached hydrogens (primary N) is 1. The third kappa shape index (κ3) is 4.64. The molecule has 0 spiro atoms. The van der Waals surface area contributed by atoms with Crippen LogP contribution in [0.25, 0.3) is 0 Å². The Morgan fingerprint density at radius 2 is 2.00 bits per heavy atom. The zero-order valence-corrected chi connectivity index (χ0v) is 12.4. The Kier molecular flexibility index (Phi) is 4.64. The van der Waals surface area contributed by atoms with Gasteiger partial charge in [-0.25, -0.2) is 13.4 Å². The maximum Gasteiger partial charge on any atom is 0.237 e. The van der Waals surface area contributed by atoms with Crippen molar-refractivity contribution < 1.29 is 13.2 Å². The molecule has 0 aliphatic carbocycles. The van der Waals surface area contributed by atoms with Crippen molar-refractivity contribution in [2.45, 2.75) is 6.92 Å². The highest BCUT2D eigenvalue weighted by Crippen LogP contribution is 2.19. The van der Waals surface area contributed by atoms with Crippen LogP contribution in [-0.4, -0.2) is 25.8 Å². The number of para-hydroxylation sites is 2. The van der Waals surface area contributed by atoms with Gasteiger partial charge in [0.2, 0.25) is 10.0 Å². The number of sulfonamides is 1. The third-order valence-corrected chi connectivity index (χ3v) is 3.92. The maximum absolute atomic E-state index is 11.9.